The molecule has 0 spiro atoms. The predicted octanol–water partition coefficient (Wildman–Crippen LogP) is 2.05. The second-order valence-electron chi connectivity index (χ2n) is 9.03. The van der Waals surface area contributed by atoms with Crippen molar-refractivity contribution in [3.8, 4) is 0 Å². The predicted molar refractivity (Wildman–Crippen MR) is 114 cm³/mol. The van der Waals surface area contributed by atoms with E-state index in [0.717, 1.165) is 50.2 Å². The van der Waals surface area contributed by atoms with Gasteiger partial charge in [0, 0.05) is 68.9 Å². The maximum Gasteiger partial charge on any atom is 0.255 e. The summed E-state index contributed by atoms with van der Waals surface area (Å²) in [6, 6.07) is 6.38. The molecule has 3 aliphatic rings. The number of H-pyrrole nitrogens is 1. The molecule has 5 heterocycles. The summed E-state index contributed by atoms with van der Waals surface area (Å²) in [4.78, 5) is 33.5. The van der Waals surface area contributed by atoms with Gasteiger partial charge in [0.2, 0.25) is 0 Å². The first kappa shape index (κ1) is 19.6. The number of pyridine rings is 1. The summed E-state index contributed by atoms with van der Waals surface area (Å²) in [5.74, 6) is 0.645. The van der Waals surface area contributed by atoms with Gasteiger partial charge in [0.15, 0.2) is 0 Å². The van der Waals surface area contributed by atoms with E-state index in [1.807, 2.05) is 21.6 Å². The van der Waals surface area contributed by atoms with E-state index in [1.54, 1.807) is 19.5 Å². The number of hydrogen-bond acceptors (Lipinski definition) is 4. The van der Waals surface area contributed by atoms with Crippen molar-refractivity contribution < 1.29 is 9.53 Å². The van der Waals surface area contributed by atoms with Crippen molar-refractivity contribution in [1.82, 2.24) is 19.4 Å². The van der Waals surface area contributed by atoms with E-state index in [0.29, 0.717) is 37.2 Å². The van der Waals surface area contributed by atoms with E-state index >= 15 is 0 Å². The van der Waals surface area contributed by atoms with Gasteiger partial charge in [0.05, 0.1) is 12.2 Å². The number of carbonyl (C=O) groups excluding carboxylic acids is 1. The Morgan fingerprint density at radius 3 is 2.93 bits per heavy atom. The summed E-state index contributed by atoms with van der Waals surface area (Å²) in [5, 5.41) is 0. The summed E-state index contributed by atoms with van der Waals surface area (Å²) in [5.41, 5.74) is 2.82. The van der Waals surface area contributed by atoms with Crippen LogP contribution in [-0.4, -0.2) is 64.7 Å². The Balaban J connectivity index is 1.36. The minimum Gasteiger partial charge on any atom is -0.383 e. The van der Waals surface area contributed by atoms with Crippen LogP contribution >= 0.6 is 0 Å². The van der Waals surface area contributed by atoms with Crippen molar-refractivity contribution in [1.29, 1.82) is 0 Å². The number of nitrogens with zero attached hydrogens (tertiary/aromatic N) is 3. The number of nitrogens with one attached hydrogen (secondary N) is 1. The minimum atomic E-state index is 0.0802. The monoisotopic (exact) mass is 410 g/mol. The number of aromatic nitrogens is 2. The Hall–Kier alpha value is -2.38. The zero-order valence-electron chi connectivity index (χ0n) is 17.5. The van der Waals surface area contributed by atoms with E-state index < -0.39 is 0 Å². The van der Waals surface area contributed by atoms with E-state index in [1.165, 1.54) is 0 Å². The van der Waals surface area contributed by atoms with Crippen molar-refractivity contribution in [2.24, 2.45) is 5.92 Å². The van der Waals surface area contributed by atoms with Gasteiger partial charge in [0.25, 0.3) is 11.5 Å². The normalized spacial score (nSPS) is 26.0. The lowest BCUT2D eigenvalue weighted by Gasteiger charge is -2.43. The first-order valence-corrected chi connectivity index (χ1v) is 11.0. The lowest BCUT2D eigenvalue weighted by molar-refractivity contribution is 0.0594. The van der Waals surface area contributed by atoms with Crippen LogP contribution in [-0.2, 0) is 17.8 Å². The molecule has 2 saturated heterocycles. The lowest BCUT2D eigenvalue weighted by Crippen LogP contribution is -2.49. The maximum atomic E-state index is 13.3. The number of aromatic amines is 1. The van der Waals surface area contributed by atoms with Crippen molar-refractivity contribution >= 4 is 5.91 Å². The van der Waals surface area contributed by atoms with Gasteiger partial charge in [-0.05, 0) is 43.9 Å². The Bertz CT molecular complexity index is 967. The fraction of sp³-hybridized carbons (Fsp3) is 0.565. The van der Waals surface area contributed by atoms with E-state index in [4.69, 9.17) is 4.74 Å². The molecule has 3 atom stereocenters. The molecule has 0 aliphatic carbocycles. The first-order valence-electron chi connectivity index (χ1n) is 11.0. The number of fused-ring (bicyclic) bond motifs is 4. The molecule has 0 radical (unpaired) electrons. The lowest BCUT2D eigenvalue weighted by atomic mass is 9.82. The summed E-state index contributed by atoms with van der Waals surface area (Å²) < 4.78 is 7.36. The molecule has 2 bridgehead atoms. The van der Waals surface area contributed by atoms with Gasteiger partial charge in [-0.3, -0.25) is 14.5 Å². The Labute approximate surface area is 176 Å². The standard InChI is InChI=1S/C23H30N4O3/c1-30-15-20-3-2-8-25(20)13-18-4-5-21-19-9-16(12-27(21)23(18)29)11-26(14-19)22(28)17-6-7-24-10-17/h4-7,10,16,19-20,24H,2-3,8-9,11-15H2,1H3/t16-,19+,20-/m0/s1. The summed E-state index contributed by atoms with van der Waals surface area (Å²) in [7, 11) is 1.74. The number of amides is 1. The molecule has 5 rings (SSSR count). The molecule has 0 saturated carbocycles. The molecule has 2 aromatic rings. The third-order valence-electron chi connectivity index (χ3n) is 7.05. The number of ether oxygens (including phenoxy) is 1. The number of carbonyl (C=O) groups is 1. The van der Waals surface area contributed by atoms with Gasteiger partial charge in [0.1, 0.15) is 0 Å². The Morgan fingerprint density at radius 1 is 1.23 bits per heavy atom. The molecule has 0 aromatic carbocycles. The molecule has 30 heavy (non-hydrogen) atoms. The van der Waals surface area contributed by atoms with Crippen molar-refractivity contribution in [3.63, 3.8) is 0 Å². The topological polar surface area (TPSA) is 70.6 Å². The molecule has 7 heteroatoms. The van der Waals surface area contributed by atoms with Crippen molar-refractivity contribution in [2.45, 2.75) is 44.3 Å². The number of rotatable bonds is 5. The van der Waals surface area contributed by atoms with E-state index in [2.05, 4.69) is 16.0 Å². The molecule has 1 N–H and O–H groups in total. The number of likely N-dealkylation sites (tertiary alicyclic amines) is 2. The van der Waals surface area contributed by atoms with Gasteiger partial charge in [-0.2, -0.15) is 0 Å². The average molecular weight is 411 g/mol. The first-order chi connectivity index (χ1) is 14.6. The third kappa shape index (κ3) is 3.50. The highest BCUT2D eigenvalue weighted by Crippen LogP contribution is 2.35. The van der Waals surface area contributed by atoms with Gasteiger partial charge in [-0.1, -0.05) is 6.07 Å². The van der Waals surface area contributed by atoms with Gasteiger partial charge >= 0.3 is 0 Å². The smallest absolute Gasteiger partial charge is 0.255 e. The van der Waals surface area contributed by atoms with Crippen LogP contribution in [0.3, 0.4) is 0 Å². The third-order valence-corrected chi connectivity index (χ3v) is 7.05. The fourth-order valence-electron chi connectivity index (χ4n) is 5.62. The fourth-order valence-corrected chi connectivity index (χ4v) is 5.62. The largest absolute Gasteiger partial charge is 0.383 e. The van der Waals surface area contributed by atoms with E-state index in [-0.39, 0.29) is 17.4 Å². The highest BCUT2D eigenvalue weighted by Gasteiger charge is 2.37. The molecule has 0 unspecified atom stereocenters. The Morgan fingerprint density at radius 2 is 2.13 bits per heavy atom. The quantitative estimate of drug-likeness (QED) is 0.819. The van der Waals surface area contributed by atoms with Gasteiger partial charge in [-0.25, -0.2) is 0 Å². The molecule has 160 valence electrons. The highest BCUT2D eigenvalue weighted by atomic mass is 16.5. The molecule has 2 aromatic heterocycles. The van der Waals surface area contributed by atoms with Crippen LogP contribution in [0, 0.1) is 5.92 Å². The van der Waals surface area contributed by atoms with Crippen LogP contribution in [0.2, 0.25) is 0 Å². The molecular weight excluding hydrogens is 380 g/mol. The van der Waals surface area contributed by atoms with E-state index in [9.17, 15) is 9.59 Å². The molecular formula is C23H30N4O3. The van der Waals surface area contributed by atoms with Crippen LogP contribution < -0.4 is 5.56 Å². The number of piperidine rings is 1. The van der Waals surface area contributed by atoms with Crippen molar-refractivity contribution in [2.75, 3.05) is 33.4 Å². The summed E-state index contributed by atoms with van der Waals surface area (Å²) >= 11 is 0. The van der Waals surface area contributed by atoms with Crippen LogP contribution in [0.4, 0.5) is 0 Å². The molecule has 3 aliphatic heterocycles. The van der Waals surface area contributed by atoms with Crippen LogP contribution in [0.15, 0.2) is 35.4 Å². The maximum absolute atomic E-state index is 13.3. The molecule has 2 fully saturated rings. The highest BCUT2D eigenvalue weighted by molar-refractivity contribution is 5.94. The zero-order chi connectivity index (χ0) is 20.7. The van der Waals surface area contributed by atoms with Gasteiger partial charge in [-0.15, -0.1) is 0 Å². The SMILES string of the molecule is COC[C@@H]1CCCN1Cc1ccc2n(c1=O)C[C@H]1C[C@@H]2CN(C(=O)c2cc[nH]c2)C1. The average Bonchev–Trinajstić information content (AvgIpc) is 3.43. The number of methoxy groups -OCH3 is 1. The summed E-state index contributed by atoms with van der Waals surface area (Å²) in [6.45, 7) is 4.55. The zero-order valence-corrected chi connectivity index (χ0v) is 17.5. The van der Waals surface area contributed by atoms with Crippen LogP contribution in [0.1, 0.15) is 46.8 Å². The molecule has 7 nitrogen and oxygen atoms in total. The molecule has 1 amide bonds. The summed E-state index contributed by atoms with van der Waals surface area (Å²) in [6.07, 6.45) is 6.89. The second kappa shape index (κ2) is 8.04. The second-order valence-corrected chi connectivity index (χ2v) is 9.03. The van der Waals surface area contributed by atoms with Crippen molar-refractivity contribution in [3.05, 3.63) is 57.8 Å². The van der Waals surface area contributed by atoms with Crippen LogP contribution in [0.25, 0.3) is 0 Å². The Kier molecular flexibility index (Phi) is 5.25. The number of hydrogen-bond donors (Lipinski definition) is 1. The minimum absolute atomic E-state index is 0.0802. The van der Waals surface area contributed by atoms with Gasteiger partial charge < -0.3 is 19.2 Å². The van der Waals surface area contributed by atoms with Crippen LogP contribution in [0.5, 0.6) is 0 Å².